The molecular weight excluding hydrogens is 406 g/mol. The average molecular weight is 438 g/mol. The first-order valence-corrected chi connectivity index (χ1v) is 11.4. The van der Waals surface area contributed by atoms with E-state index < -0.39 is 5.97 Å². The predicted octanol–water partition coefficient (Wildman–Crippen LogP) is 5.71. The van der Waals surface area contributed by atoms with Crippen LogP contribution in [0.5, 0.6) is 0 Å². The zero-order chi connectivity index (χ0) is 22.9. The zero-order valence-electron chi connectivity index (χ0n) is 19.3. The van der Waals surface area contributed by atoms with Crippen molar-refractivity contribution >= 4 is 5.97 Å². The van der Waals surface area contributed by atoms with E-state index in [0.717, 1.165) is 61.8 Å². The van der Waals surface area contributed by atoms with Gasteiger partial charge >= 0.3 is 5.97 Å². The number of rotatable bonds is 8. The topological polar surface area (TPSA) is 102 Å². The first kappa shape index (κ1) is 22.2. The van der Waals surface area contributed by atoms with Crippen molar-refractivity contribution in [3.8, 4) is 23.0 Å². The number of hydrogen-bond donors (Lipinski definition) is 1. The maximum Gasteiger partial charge on any atom is 0.303 e. The van der Waals surface area contributed by atoms with Crippen molar-refractivity contribution in [2.75, 3.05) is 0 Å². The Labute approximate surface area is 188 Å². The van der Waals surface area contributed by atoms with E-state index in [9.17, 15) is 4.79 Å². The molecule has 0 atom stereocenters. The van der Waals surface area contributed by atoms with Crippen LogP contribution in [-0.2, 0) is 24.1 Å². The number of unbranched alkanes of at least 4 members (excludes halogenated alkanes) is 2. The molecule has 1 N–H and O–H groups in total. The van der Waals surface area contributed by atoms with Gasteiger partial charge in [-0.2, -0.15) is 4.98 Å². The lowest BCUT2D eigenvalue weighted by Crippen LogP contribution is -2.21. The van der Waals surface area contributed by atoms with Crippen LogP contribution in [0.1, 0.15) is 74.0 Å². The summed E-state index contributed by atoms with van der Waals surface area (Å²) in [7, 11) is 0. The molecule has 0 radical (unpaired) electrons. The number of carbonyl (C=O) groups is 1. The summed E-state index contributed by atoms with van der Waals surface area (Å²) in [5.41, 5.74) is 6.57. The van der Waals surface area contributed by atoms with Crippen molar-refractivity contribution in [3.05, 3.63) is 40.1 Å². The number of aromatic nitrogens is 3. The van der Waals surface area contributed by atoms with Gasteiger partial charge < -0.3 is 14.2 Å². The number of nitrogens with zero attached hydrogens (tertiary/aromatic N) is 3. The van der Waals surface area contributed by atoms with E-state index in [2.05, 4.69) is 55.1 Å². The molecule has 7 heteroatoms. The summed E-state index contributed by atoms with van der Waals surface area (Å²) in [6, 6.07) is 4.18. The molecule has 170 valence electrons. The van der Waals surface area contributed by atoms with Crippen LogP contribution < -0.4 is 0 Å². The van der Waals surface area contributed by atoms with Crippen LogP contribution in [0.15, 0.2) is 21.2 Å². The van der Waals surface area contributed by atoms with Crippen molar-refractivity contribution in [2.45, 2.75) is 79.1 Å². The van der Waals surface area contributed by atoms with Crippen LogP contribution in [-0.4, -0.2) is 26.4 Å². The van der Waals surface area contributed by atoms with Crippen molar-refractivity contribution in [1.82, 2.24) is 15.3 Å². The van der Waals surface area contributed by atoms with Crippen LogP contribution >= 0.6 is 0 Å². The Kier molecular flexibility index (Phi) is 6.17. The predicted molar refractivity (Wildman–Crippen MR) is 120 cm³/mol. The molecule has 1 aromatic carbocycles. The molecule has 0 spiro atoms. The summed E-state index contributed by atoms with van der Waals surface area (Å²) in [5.74, 6) is 1.15. The Morgan fingerprint density at radius 1 is 1.09 bits per heavy atom. The van der Waals surface area contributed by atoms with Crippen molar-refractivity contribution in [1.29, 1.82) is 0 Å². The first-order chi connectivity index (χ1) is 15.2. The molecule has 2 aromatic heterocycles. The molecule has 3 aromatic rings. The van der Waals surface area contributed by atoms with Crippen LogP contribution in [0.25, 0.3) is 23.0 Å². The fourth-order valence-corrected chi connectivity index (χ4v) is 4.60. The van der Waals surface area contributed by atoms with E-state index in [1.807, 2.05) is 0 Å². The number of carboxylic acids is 1. The highest BCUT2D eigenvalue weighted by atomic mass is 16.5. The third-order valence-electron chi connectivity index (χ3n) is 6.46. The number of hydrogen-bond acceptors (Lipinski definition) is 6. The van der Waals surface area contributed by atoms with Gasteiger partial charge in [-0.3, -0.25) is 4.79 Å². The minimum Gasteiger partial charge on any atom is -0.481 e. The molecule has 0 saturated carbocycles. The smallest absolute Gasteiger partial charge is 0.303 e. The van der Waals surface area contributed by atoms with Crippen LogP contribution in [0.3, 0.4) is 0 Å². The van der Waals surface area contributed by atoms with Gasteiger partial charge in [-0.05, 0) is 80.2 Å². The second-order valence-corrected chi connectivity index (χ2v) is 9.74. The number of benzene rings is 1. The van der Waals surface area contributed by atoms with Gasteiger partial charge in [0.1, 0.15) is 5.76 Å². The van der Waals surface area contributed by atoms with Gasteiger partial charge in [-0.25, -0.2) is 0 Å². The van der Waals surface area contributed by atoms with E-state index in [4.69, 9.17) is 14.2 Å². The van der Waals surface area contributed by atoms with Gasteiger partial charge in [0, 0.05) is 24.0 Å². The molecule has 1 aliphatic carbocycles. The molecule has 0 saturated heterocycles. The third kappa shape index (κ3) is 4.76. The zero-order valence-corrected chi connectivity index (χ0v) is 19.3. The van der Waals surface area contributed by atoms with Gasteiger partial charge in [-0.1, -0.05) is 30.6 Å². The summed E-state index contributed by atoms with van der Waals surface area (Å²) >= 11 is 0. The molecule has 0 fully saturated rings. The second kappa shape index (κ2) is 8.88. The number of fused-ring (bicyclic) bond motifs is 1. The molecule has 0 unspecified atom stereocenters. The van der Waals surface area contributed by atoms with E-state index in [1.165, 1.54) is 16.7 Å². The Morgan fingerprint density at radius 3 is 2.56 bits per heavy atom. The summed E-state index contributed by atoms with van der Waals surface area (Å²) < 4.78 is 11.2. The molecule has 7 nitrogen and oxygen atoms in total. The summed E-state index contributed by atoms with van der Waals surface area (Å²) in [4.78, 5) is 15.3. The van der Waals surface area contributed by atoms with Crippen LogP contribution in [0.2, 0.25) is 0 Å². The van der Waals surface area contributed by atoms with Gasteiger partial charge in [0.15, 0.2) is 5.69 Å². The highest BCUT2D eigenvalue weighted by Crippen LogP contribution is 2.39. The highest BCUT2D eigenvalue weighted by Gasteiger charge is 2.32. The summed E-state index contributed by atoms with van der Waals surface area (Å²) in [5, 5.41) is 17.2. The molecule has 1 aliphatic rings. The Hall–Kier alpha value is -2.96. The SMILES string of the molecule is Cc1cc(-c2noc(-c3noc4c3CCC(C)(C)C4)n2)cc(C)c1CCCCCC(=O)O. The maximum atomic E-state index is 10.7. The fourth-order valence-electron chi connectivity index (χ4n) is 4.60. The Bertz CT molecular complexity index is 1100. The van der Waals surface area contributed by atoms with Crippen LogP contribution in [0, 0.1) is 19.3 Å². The number of carboxylic acid groups (broad SMARTS) is 1. The first-order valence-electron chi connectivity index (χ1n) is 11.4. The molecule has 0 bridgehead atoms. The molecule has 0 amide bonds. The van der Waals surface area contributed by atoms with Crippen molar-refractivity contribution in [2.24, 2.45) is 5.41 Å². The third-order valence-corrected chi connectivity index (χ3v) is 6.46. The molecule has 4 rings (SSSR count). The van der Waals surface area contributed by atoms with Crippen LogP contribution in [0.4, 0.5) is 0 Å². The van der Waals surface area contributed by atoms with Gasteiger partial charge in [0.05, 0.1) is 0 Å². The fraction of sp³-hybridized carbons (Fsp3) is 0.520. The van der Waals surface area contributed by atoms with E-state index in [0.29, 0.717) is 17.4 Å². The number of aryl methyl sites for hydroxylation is 2. The van der Waals surface area contributed by atoms with Gasteiger partial charge in [0.2, 0.25) is 5.82 Å². The second-order valence-electron chi connectivity index (χ2n) is 9.74. The number of aliphatic carboxylic acids is 1. The van der Waals surface area contributed by atoms with Crippen molar-refractivity contribution in [3.63, 3.8) is 0 Å². The monoisotopic (exact) mass is 437 g/mol. The lowest BCUT2D eigenvalue weighted by molar-refractivity contribution is -0.137. The summed E-state index contributed by atoms with van der Waals surface area (Å²) in [6.45, 7) is 8.68. The average Bonchev–Trinajstić information content (AvgIpc) is 3.35. The molecule has 2 heterocycles. The van der Waals surface area contributed by atoms with E-state index in [-0.39, 0.29) is 11.8 Å². The minimum absolute atomic E-state index is 0.219. The quantitative estimate of drug-likeness (QED) is 0.450. The van der Waals surface area contributed by atoms with E-state index >= 15 is 0 Å². The largest absolute Gasteiger partial charge is 0.481 e. The Balaban J connectivity index is 1.49. The molecule has 32 heavy (non-hydrogen) atoms. The standard InChI is InChI=1S/C25H31N3O4/c1-15-12-17(13-16(2)18(15)8-6-5-7-9-21(29)30)23-26-24(32-28-23)22-19-10-11-25(3,4)14-20(19)31-27-22/h12-13H,5-11,14H2,1-4H3,(H,29,30). The van der Waals surface area contributed by atoms with Gasteiger partial charge in [-0.15, -0.1) is 0 Å². The Morgan fingerprint density at radius 2 is 1.84 bits per heavy atom. The normalized spacial score (nSPS) is 15.0. The highest BCUT2D eigenvalue weighted by molar-refractivity contribution is 5.66. The van der Waals surface area contributed by atoms with Gasteiger partial charge in [0.25, 0.3) is 5.89 Å². The molecular formula is C25H31N3O4. The summed E-state index contributed by atoms with van der Waals surface area (Å²) in [6.07, 6.45) is 6.64. The lowest BCUT2D eigenvalue weighted by atomic mass is 9.77. The van der Waals surface area contributed by atoms with Crippen molar-refractivity contribution < 1.29 is 18.9 Å². The minimum atomic E-state index is -0.726. The maximum absolute atomic E-state index is 10.7. The van der Waals surface area contributed by atoms with E-state index in [1.54, 1.807) is 0 Å². The lowest BCUT2D eigenvalue weighted by Gasteiger charge is -2.27. The molecule has 0 aliphatic heterocycles.